The van der Waals surface area contributed by atoms with Gasteiger partial charge in [0, 0.05) is 12.2 Å². The Balaban J connectivity index is 1.36. The molecule has 0 aliphatic carbocycles. The minimum absolute atomic E-state index is 0.0312. The summed E-state index contributed by atoms with van der Waals surface area (Å²) < 4.78 is 0.842. The van der Waals surface area contributed by atoms with E-state index < -0.39 is 46.3 Å². The molecular weight excluding hydrogens is 578 g/mol. The van der Waals surface area contributed by atoms with Crippen molar-refractivity contribution in [1.82, 2.24) is 30.2 Å². The number of aromatic nitrogens is 4. The number of amides is 3. The molecule has 9 N–H and O–H groups in total. The number of nitrogens with one attached hydrogen (secondary N) is 4. The van der Waals surface area contributed by atoms with Gasteiger partial charge in [-0.05, 0) is 41.5 Å². The fraction of sp³-hybridized carbons (Fsp3) is 0.0741. The van der Waals surface area contributed by atoms with Crippen molar-refractivity contribution in [2.75, 3.05) is 11.1 Å². The van der Waals surface area contributed by atoms with Gasteiger partial charge in [-0.1, -0.05) is 24.3 Å². The van der Waals surface area contributed by atoms with E-state index >= 15 is 0 Å². The van der Waals surface area contributed by atoms with Crippen LogP contribution in [0.5, 0.6) is 0 Å². The molecule has 17 heteroatoms. The summed E-state index contributed by atoms with van der Waals surface area (Å²) in [5.74, 6) is -4.20. The molecule has 0 aliphatic rings. The Morgan fingerprint density at radius 1 is 0.977 bits per heavy atom. The van der Waals surface area contributed by atoms with Crippen LogP contribution in [-0.4, -0.2) is 48.4 Å². The number of aromatic carboxylic acids is 1. The number of H-pyrrole nitrogens is 1. The van der Waals surface area contributed by atoms with Gasteiger partial charge in [0.25, 0.3) is 28.4 Å². The molecule has 0 aliphatic heterocycles. The molecule has 0 fully saturated rings. The third-order valence-electron chi connectivity index (χ3n) is 6.50. The van der Waals surface area contributed by atoms with Crippen molar-refractivity contribution < 1.29 is 24.3 Å². The van der Waals surface area contributed by atoms with Crippen molar-refractivity contribution in [3.05, 3.63) is 114 Å². The van der Waals surface area contributed by atoms with Crippen LogP contribution in [0.2, 0.25) is 0 Å². The smallest absolute Gasteiger partial charge is 0.349 e. The zero-order valence-corrected chi connectivity index (χ0v) is 22.3. The zero-order valence-electron chi connectivity index (χ0n) is 22.3. The first-order valence-corrected chi connectivity index (χ1v) is 12.6. The number of fused-ring (bicyclic) bond motifs is 1. The molecule has 5 aromatic rings. The van der Waals surface area contributed by atoms with Gasteiger partial charge in [0.2, 0.25) is 5.91 Å². The summed E-state index contributed by atoms with van der Waals surface area (Å²) in [4.78, 5) is 89.1. The highest BCUT2D eigenvalue weighted by Crippen LogP contribution is 2.19. The van der Waals surface area contributed by atoms with E-state index in [1.165, 1.54) is 24.3 Å². The van der Waals surface area contributed by atoms with Crippen LogP contribution in [-0.2, 0) is 11.3 Å². The minimum Gasteiger partial charge on any atom is -0.478 e. The summed E-state index contributed by atoms with van der Waals surface area (Å²) >= 11 is 0. The highest BCUT2D eigenvalue weighted by atomic mass is 16.4. The highest BCUT2D eigenvalue weighted by Gasteiger charge is 2.25. The SMILES string of the molecule is NC(=O)[C@H](NC(=O)c1cc(C(=O)NCc2cccc(Nc3c(N)c(=O)c3=O)c2)n2c(=O)[nH]nc2n1)c1ccc(C(=O)O)cc1. The molecule has 0 spiro atoms. The summed E-state index contributed by atoms with van der Waals surface area (Å²) in [7, 11) is 0. The van der Waals surface area contributed by atoms with Crippen LogP contribution in [0.3, 0.4) is 0 Å². The van der Waals surface area contributed by atoms with Crippen LogP contribution in [0, 0.1) is 0 Å². The molecule has 2 aromatic heterocycles. The molecule has 0 saturated carbocycles. The van der Waals surface area contributed by atoms with Crippen molar-refractivity contribution in [2.45, 2.75) is 12.6 Å². The maximum Gasteiger partial charge on any atom is 0.349 e. The number of aromatic amines is 1. The number of benzene rings is 2. The molecule has 0 bridgehead atoms. The van der Waals surface area contributed by atoms with Gasteiger partial charge in [-0.15, -0.1) is 5.10 Å². The molecule has 5 rings (SSSR count). The van der Waals surface area contributed by atoms with Crippen LogP contribution < -0.4 is 44.0 Å². The van der Waals surface area contributed by atoms with Gasteiger partial charge in [0.05, 0.1) is 5.56 Å². The third-order valence-corrected chi connectivity index (χ3v) is 6.50. The molecule has 3 amide bonds. The predicted octanol–water partition coefficient (Wildman–Crippen LogP) is -1.08. The first-order valence-electron chi connectivity index (χ1n) is 12.6. The summed E-state index contributed by atoms with van der Waals surface area (Å²) in [6.07, 6.45) is 0. The van der Waals surface area contributed by atoms with Crippen molar-refractivity contribution >= 4 is 46.5 Å². The van der Waals surface area contributed by atoms with E-state index in [-0.39, 0.29) is 46.2 Å². The number of carbonyl (C=O) groups is 4. The number of carboxylic acids is 1. The van der Waals surface area contributed by atoms with Gasteiger partial charge in [0.1, 0.15) is 28.8 Å². The van der Waals surface area contributed by atoms with E-state index in [0.717, 1.165) is 10.5 Å². The second-order valence-electron chi connectivity index (χ2n) is 9.38. The normalized spacial score (nSPS) is 11.6. The van der Waals surface area contributed by atoms with E-state index in [0.29, 0.717) is 11.3 Å². The number of carboxylic acid groups (broad SMARTS) is 1. The lowest BCUT2D eigenvalue weighted by molar-refractivity contribution is -0.120. The Labute approximate surface area is 244 Å². The second-order valence-corrected chi connectivity index (χ2v) is 9.38. The first kappa shape index (κ1) is 28.9. The van der Waals surface area contributed by atoms with Gasteiger partial charge in [-0.2, -0.15) is 0 Å². The van der Waals surface area contributed by atoms with E-state index in [2.05, 4.69) is 31.1 Å². The number of primary amides is 1. The predicted molar refractivity (Wildman–Crippen MR) is 153 cm³/mol. The van der Waals surface area contributed by atoms with Crippen LogP contribution in [0.4, 0.5) is 17.1 Å². The molecule has 0 radical (unpaired) electrons. The number of nitrogens with zero attached hydrogens (tertiary/aromatic N) is 3. The quantitative estimate of drug-likeness (QED) is 0.0945. The molecule has 0 unspecified atom stereocenters. The average Bonchev–Trinajstić information content (AvgIpc) is 3.40. The fourth-order valence-electron chi connectivity index (χ4n) is 4.25. The molecule has 222 valence electrons. The van der Waals surface area contributed by atoms with Gasteiger partial charge in [-0.25, -0.2) is 24.1 Å². The number of nitrogens with two attached hydrogens (primary N) is 2. The number of hydrogen-bond donors (Lipinski definition) is 7. The van der Waals surface area contributed by atoms with Crippen LogP contribution in [0.25, 0.3) is 5.78 Å². The highest BCUT2D eigenvalue weighted by molar-refractivity contribution is 6.00. The number of rotatable bonds is 10. The van der Waals surface area contributed by atoms with Gasteiger partial charge < -0.3 is 32.5 Å². The second kappa shape index (κ2) is 11.3. The summed E-state index contributed by atoms with van der Waals surface area (Å²) in [6, 6.07) is 11.2. The molecule has 17 nitrogen and oxygen atoms in total. The molecule has 1 atom stereocenters. The summed E-state index contributed by atoms with van der Waals surface area (Å²) in [5, 5.41) is 22.7. The largest absolute Gasteiger partial charge is 0.478 e. The zero-order chi connectivity index (χ0) is 31.7. The topological polar surface area (TPSA) is 274 Å². The van der Waals surface area contributed by atoms with Crippen LogP contribution in [0.15, 0.2) is 69.0 Å². The molecule has 2 heterocycles. The number of anilines is 3. The Morgan fingerprint density at radius 2 is 1.70 bits per heavy atom. The van der Waals surface area contributed by atoms with Crippen LogP contribution >= 0.6 is 0 Å². The van der Waals surface area contributed by atoms with E-state index in [1.807, 2.05) is 0 Å². The Bertz CT molecular complexity index is 2110. The third kappa shape index (κ3) is 5.47. The average molecular weight is 600 g/mol. The monoisotopic (exact) mass is 599 g/mol. The van der Waals surface area contributed by atoms with Crippen molar-refractivity contribution in [3.8, 4) is 0 Å². The number of nitrogen functional groups attached to an aromatic ring is 1. The van der Waals surface area contributed by atoms with Crippen molar-refractivity contribution in [1.29, 1.82) is 0 Å². The van der Waals surface area contributed by atoms with Crippen molar-refractivity contribution in [3.63, 3.8) is 0 Å². The maximum atomic E-state index is 13.2. The number of carbonyl (C=O) groups excluding carboxylic acids is 3. The lowest BCUT2D eigenvalue weighted by Crippen LogP contribution is -2.38. The number of hydrogen-bond acceptors (Lipinski definition) is 11. The van der Waals surface area contributed by atoms with Gasteiger partial charge >= 0.3 is 11.7 Å². The molecular formula is C27H21N9O8. The minimum atomic E-state index is -1.39. The Kier molecular flexibility index (Phi) is 7.42. The Morgan fingerprint density at radius 3 is 2.36 bits per heavy atom. The van der Waals surface area contributed by atoms with Gasteiger partial charge in [0.15, 0.2) is 0 Å². The summed E-state index contributed by atoms with van der Waals surface area (Å²) in [5.41, 5.74) is 8.90. The van der Waals surface area contributed by atoms with Crippen LogP contribution in [0.1, 0.15) is 48.5 Å². The van der Waals surface area contributed by atoms with E-state index in [1.54, 1.807) is 24.3 Å². The van der Waals surface area contributed by atoms with Crippen molar-refractivity contribution in [2.24, 2.45) is 5.73 Å². The van der Waals surface area contributed by atoms with E-state index in [9.17, 15) is 33.6 Å². The lowest BCUT2D eigenvalue weighted by Gasteiger charge is -2.16. The molecule has 3 aromatic carbocycles. The fourth-order valence-corrected chi connectivity index (χ4v) is 4.25. The molecule has 44 heavy (non-hydrogen) atoms. The van der Waals surface area contributed by atoms with E-state index in [4.69, 9.17) is 16.6 Å². The first-order chi connectivity index (χ1) is 20.9. The van der Waals surface area contributed by atoms with Gasteiger partial charge in [-0.3, -0.25) is 24.0 Å². The summed E-state index contributed by atoms with van der Waals surface area (Å²) in [6.45, 7) is -0.0657. The maximum absolute atomic E-state index is 13.2. The molecule has 0 saturated heterocycles. The standard InChI is InChI=1S/C27H21N9O8/c28-17-19(21(38)20(17)37)31-14-3-1-2-11(8-14)10-30-24(41)16-9-15(32-26-34-35-27(44)36(16)26)23(40)33-18(22(29)39)12-4-6-13(7-5-12)25(42)43/h1-9,18,31H,10,28H2,(H2,29,39)(H,30,41)(H,33,40)(H,35,44)(H,42,43)/t18-/m1/s1. The Hall–Kier alpha value is -6.65. The lowest BCUT2D eigenvalue weighted by atomic mass is 10.0.